The fourth-order valence-corrected chi connectivity index (χ4v) is 3.97. The second-order valence-electron chi connectivity index (χ2n) is 7.56. The van der Waals surface area contributed by atoms with E-state index in [1.165, 1.54) is 18.2 Å². The van der Waals surface area contributed by atoms with Crippen LogP contribution in [0, 0.1) is 0 Å². The number of hydrogen-bond acceptors (Lipinski definition) is 9. The average Bonchev–Trinajstić information content (AvgIpc) is 2.97. The number of allylic oxidation sites excluding steroid dienone is 2. The molecular weight excluding hydrogens is 408 g/mol. The number of aromatic hydroxyl groups is 4. The molecule has 0 spiro atoms. The van der Waals surface area contributed by atoms with Crippen LogP contribution in [0.4, 0.5) is 0 Å². The summed E-state index contributed by atoms with van der Waals surface area (Å²) in [4.78, 5) is 13.3. The van der Waals surface area contributed by atoms with Crippen LogP contribution in [0.25, 0.3) is 5.57 Å². The summed E-state index contributed by atoms with van der Waals surface area (Å²) in [6.07, 6.45) is -4.29. The van der Waals surface area contributed by atoms with Gasteiger partial charge in [-0.1, -0.05) is 6.92 Å². The van der Waals surface area contributed by atoms with Gasteiger partial charge in [0, 0.05) is 29.7 Å². The lowest BCUT2D eigenvalue weighted by atomic mass is 9.85. The van der Waals surface area contributed by atoms with Crippen molar-refractivity contribution in [3.05, 3.63) is 52.8 Å². The van der Waals surface area contributed by atoms with E-state index in [4.69, 9.17) is 9.47 Å². The van der Waals surface area contributed by atoms with Crippen molar-refractivity contribution in [2.24, 2.45) is 0 Å². The van der Waals surface area contributed by atoms with Gasteiger partial charge in [0.25, 0.3) is 0 Å². The van der Waals surface area contributed by atoms with Gasteiger partial charge in [0.1, 0.15) is 35.2 Å². The Morgan fingerprint density at radius 2 is 1.71 bits per heavy atom. The molecule has 0 saturated carbocycles. The minimum atomic E-state index is -1.42. The maximum absolute atomic E-state index is 13.3. The summed E-state index contributed by atoms with van der Waals surface area (Å²) in [5, 5.41) is 60.5. The van der Waals surface area contributed by atoms with Crippen molar-refractivity contribution in [2.45, 2.75) is 44.4 Å². The van der Waals surface area contributed by atoms with Gasteiger partial charge in [-0.2, -0.15) is 0 Å². The molecule has 1 aliphatic heterocycles. The first-order valence-electron chi connectivity index (χ1n) is 9.74. The molecular formula is C22H22O9. The summed E-state index contributed by atoms with van der Waals surface area (Å²) in [5.41, 5.74) is 0.589. The van der Waals surface area contributed by atoms with Crippen LogP contribution in [0.2, 0.25) is 0 Å². The van der Waals surface area contributed by atoms with Crippen molar-refractivity contribution in [3.63, 3.8) is 0 Å². The SMILES string of the molecule is CCC1OC(OC2=C(c3ccc(O)cc3O)Cc3cc(O)cc(O)c3C2=O)C(O)C1O. The van der Waals surface area contributed by atoms with Crippen LogP contribution in [0.3, 0.4) is 0 Å². The highest BCUT2D eigenvalue weighted by Crippen LogP contribution is 2.42. The third kappa shape index (κ3) is 3.56. The number of carbonyl (C=O) groups excluding carboxylic acids is 1. The van der Waals surface area contributed by atoms with E-state index < -0.39 is 36.1 Å². The van der Waals surface area contributed by atoms with Gasteiger partial charge in [0.15, 0.2) is 5.76 Å². The number of hydrogen-bond donors (Lipinski definition) is 6. The Balaban J connectivity index is 1.83. The van der Waals surface area contributed by atoms with E-state index in [1.807, 2.05) is 0 Å². The molecule has 4 atom stereocenters. The fourth-order valence-electron chi connectivity index (χ4n) is 3.97. The van der Waals surface area contributed by atoms with E-state index in [0.717, 1.165) is 12.1 Å². The number of benzene rings is 2. The number of aliphatic hydroxyl groups is 2. The zero-order valence-corrected chi connectivity index (χ0v) is 16.5. The molecule has 164 valence electrons. The Morgan fingerprint density at radius 1 is 1.00 bits per heavy atom. The monoisotopic (exact) mass is 430 g/mol. The van der Waals surface area contributed by atoms with Gasteiger partial charge < -0.3 is 40.1 Å². The summed E-state index contributed by atoms with van der Waals surface area (Å²) < 4.78 is 11.3. The Kier molecular flexibility index (Phi) is 5.26. The van der Waals surface area contributed by atoms with Crippen molar-refractivity contribution in [1.82, 2.24) is 0 Å². The standard InChI is InChI=1S/C22H22O9/c1-2-16-18(27)20(29)22(30-16)31-21-13(12-4-3-10(23)7-14(12)25)6-9-5-11(24)8-15(26)17(9)19(21)28/h3-5,7-8,16,18,20,22-27,29H,2,6H2,1H3. The number of phenols is 4. The number of aliphatic hydroxyl groups excluding tert-OH is 2. The van der Waals surface area contributed by atoms with Crippen LogP contribution in [0.5, 0.6) is 23.0 Å². The fraction of sp³-hybridized carbons (Fsp3) is 0.318. The Hall–Kier alpha value is -3.27. The molecule has 0 amide bonds. The van der Waals surface area contributed by atoms with Crippen LogP contribution < -0.4 is 0 Å². The van der Waals surface area contributed by atoms with E-state index in [9.17, 15) is 35.4 Å². The van der Waals surface area contributed by atoms with E-state index >= 15 is 0 Å². The first kappa shape index (κ1) is 21.0. The molecule has 31 heavy (non-hydrogen) atoms. The molecule has 0 bridgehead atoms. The molecule has 1 saturated heterocycles. The van der Waals surface area contributed by atoms with Gasteiger partial charge in [-0.25, -0.2) is 0 Å². The van der Waals surface area contributed by atoms with Crippen molar-refractivity contribution >= 4 is 11.4 Å². The zero-order chi connectivity index (χ0) is 22.4. The predicted molar refractivity (Wildman–Crippen MR) is 107 cm³/mol. The van der Waals surface area contributed by atoms with Crippen LogP contribution in [0.15, 0.2) is 36.1 Å². The number of rotatable bonds is 4. The van der Waals surface area contributed by atoms with Gasteiger partial charge in [-0.05, 0) is 30.2 Å². The van der Waals surface area contributed by atoms with Crippen molar-refractivity contribution < 1.29 is 44.9 Å². The number of carbonyl (C=O) groups is 1. The molecule has 6 N–H and O–H groups in total. The molecule has 9 nitrogen and oxygen atoms in total. The average molecular weight is 430 g/mol. The summed E-state index contributed by atoms with van der Waals surface area (Å²) in [6, 6.07) is 6.14. The van der Waals surface area contributed by atoms with Crippen LogP contribution in [-0.2, 0) is 15.9 Å². The normalized spacial score (nSPS) is 25.6. The van der Waals surface area contributed by atoms with Crippen molar-refractivity contribution in [1.29, 1.82) is 0 Å². The summed E-state index contributed by atoms with van der Waals surface area (Å²) in [6.45, 7) is 1.76. The number of fused-ring (bicyclic) bond motifs is 1. The minimum Gasteiger partial charge on any atom is -0.508 e. The third-order valence-electron chi connectivity index (χ3n) is 5.52. The van der Waals surface area contributed by atoms with Crippen molar-refractivity contribution in [2.75, 3.05) is 0 Å². The lowest BCUT2D eigenvalue weighted by Gasteiger charge is -2.26. The van der Waals surface area contributed by atoms with Gasteiger partial charge in [-0.3, -0.25) is 4.79 Å². The van der Waals surface area contributed by atoms with E-state index in [0.29, 0.717) is 12.0 Å². The molecule has 4 unspecified atom stereocenters. The summed E-state index contributed by atoms with van der Waals surface area (Å²) >= 11 is 0. The van der Waals surface area contributed by atoms with Crippen LogP contribution in [-0.4, -0.2) is 61.0 Å². The van der Waals surface area contributed by atoms with E-state index in [2.05, 4.69) is 0 Å². The van der Waals surface area contributed by atoms with Crippen LogP contribution >= 0.6 is 0 Å². The second kappa shape index (κ2) is 7.77. The molecule has 4 rings (SSSR count). The largest absolute Gasteiger partial charge is 0.508 e. The molecule has 2 aliphatic rings. The lowest BCUT2D eigenvalue weighted by Crippen LogP contribution is -2.34. The first-order chi connectivity index (χ1) is 14.7. The van der Waals surface area contributed by atoms with E-state index in [-0.39, 0.29) is 46.1 Å². The van der Waals surface area contributed by atoms with Gasteiger partial charge in [-0.15, -0.1) is 0 Å². The lowest BCUT2D eigenvalue weighted by molar-refractivity contribution is -0.139. The highest BCUT2D eigenvalue weighted by atomic mass is 16.7. The molecule has 9 heteroatoms. The van der Waals surface area contributed by atoms with Gasteiger partial charge in [0.2, 0.25) is 12.1 Å². The summed E-state index contributed by atoms with van der Waals surface area (Å²) in [7, 11) is 0. The summed E-state index contributed by atoms with van der Waals surface area (Å²) in [5.74, 6) is -2.24. The van der Waals surface area contributed by atoms with E-state index in [1.54, 1.807) is 6.92 Å². The molecule has 1 aliphatic carbocycles. The highest BCUT2D eigenvalue weighted by Gasteiger charge is 2.45. The zero-order valence-electron chi connectivity index (χ0n) is 16.5. The number of Topliss-reactive ketones (excluding diaryl/α,β-unsaturated/α-hetero) is 1. The number of phenolic OH excluding ortho intramolecular Hbond substituents is 4. The smallest absolute Gasteiger partial charge is 0.232 e. The second-order valence-corrected chi connectivity index (χ2v) is 7.56. The molecule has 2 aromatic rings. The highest BCUT2D eigenvalue weighted by molar-refractivity contribution is 6.16. The van der Waals surface area contributed by atoms with Crippen molar-refractivity contribution in [3.8, 4) is 23.0 Å². The molecule has 0 aromatic heterocycles. The molecule has 1 fully saturated rings. The number of ether oxygens (including phenoxy) is 2. The van der Waals surface area contributed by atoms with Crippen LogP contribution in [0.1, 0.15) is 34.8 Å². The predicted octanol–water partition coefficient (Wildman–Crippen LogP) is 1.53. The third-order valence-corrected chi connectivity index (χ3v) is 5.52. The van der Waals surface area contributed by atoms with Gasteiger partial charge >= 0.3 is 0 Å². The minimum absolute atomic E-state index is 0.0146. The quantitative estimate of drug-likeness (QED) is 0.423. The number of ketones is 1. The topological polar surface area (TPSA) is 157 Å². The Labute approximate surface area is 177 Å². The Bertz CT molecular complexity index is 1070. The molecule has 2 aromatic carbocycles. The molecule has 1 heterocycles. The maximum atomic E-state index is 13.3. The maximum Gasteiger partial charge on any atom is 0.232 e. The Morgan fingerprint density at radius 3 is 2.35 bits per heavy atom. The molecule has 0 radical (unpaired) electrons. The van der Waals surface area contributed by atoms with Gasteiger partial charge in [0.05, 0.1) is 11.7 Å². The first-order valence-corrected chi connectivity index (χ1v) is 9.74.